The second-order valence-corrected chi connectivity index (χ2v) is 5.12. The maximum Gasteiger partial charge on any atom is 0.224 e. The molecular weight excluding hydrogens is 266 g/mol. The van der Waals surface area contributed by atoms with Gasteiger partial charge in [-0.3, -0.25) is 4.98 Å². The van der Waals surface area contributed by atoms with Crippen LogP contribution in [-0.2, 0) is 6.42 Å². The Morgan fingerprint density at radius 2 is 2.19 bits per heavy atom. The minimum Gasteiger partial charge on any atom is -0.391 e. The molecule has 0 spiro atoms. The molecule has 1 aliphatic rings. The number of nitrogens with one attached hydrogen (secondary N) is 1. The summed E-state index contributed by atoms with van der Waals surface area (Å²) in [7, 11) is 0. The highest BCUT2D eigenvalue weighted by molar-refractivity contribution is 5.43. The van der Waals surface area contributed by atoms with Crippen LogP contribution in [0, 0.1) is 0 Å². The van der Waals surface area contributed by atoms with Crippen molar-refractivity contribution in [2.24, 2.45) is 0 Å². The minimum atomic E-state index is -0.250. The zero-order valence-corrected chi connectivity index (χ0v) is 11.8. The van der Waals surface area contributed by atoms with E-state index in [9.17, 15) is 5.11 Å². The van der Waals surface area contributed by atoms with Crippen LogP contribution in [0.5, 0.6) is 0 Å². The number of hydrogen-bond acceptors (Lipinski definition) is 6. The van der Waals surface area contributed by atoms with Gasteiger partial charge in [-0.1, -0.05) is 6.07 Å². The van der Waals surface area contributed by atoms with Crippen LogP contribution in [0.2, 0.25) is 0 Å². The minimum absolute atomic E-state index is 0.250. The van der Waals surface area contributed by atoms with E-state index in [1.54, 1.807) is 12.4 Å². The molecule has 2 aromatic rings. The Labute approximate surface area is 123 Å². The Bertz CT molecular complexity index is 577. The van der Waals surface area contributed by atoms with E-state index in [1.165, 1.54) is 0 Å². The lowest BCUT2D eigenvalue weighted by molar-refractivity contribution is 0.198. The second-order valence-electron chi connectivity index (χ2n) is 5.12. The third kappa shape index (κ3) is 3.66. The topological polar surface area (TPSA) is 74.2 Å². The summed E-state index contributed by atoms with van der Waals surface area (Å²) in [6.07, 6.45) is 4.92. The molecule has 0 saturated carbocycles. The van der Waals surface area contributed by atoms with Gasteiger partial charge in [0.2, 0.25) is 5.95 Å². The Kier molecular flexibility index (Phi) is 4.25. The first kappa shape index (κ1) is 13.8. The van der Waals surface area contributed by atoms with Crippen molar-refractivity contribution in [2.45, 2.75) is 18.9 Å². The van der Waals surface area contributed by atoms with E-state index in [4.69, 9.17) is 0 Å². The zero-order valence-electron chi connectivity index (χ0n) is 11.8. The number of aliphatic hydroxyl groups is 1. The highest BCUT2D eigenvalue weighted by Gasteiger charge is 2.21. The van der Waals surface area contributed by atoms with E-state index >= 15 is 0 Å². The van der Waals surface area contributed by atoms with Gasteiger partial charge in [0.25, 0.3) is 0 Å². The Morgan fingerprint density at radius 1 is 1.24 bits per heavy atom. The fourth-order valence-electron chi connectivity index (χ4n) is 2.41. The van der Waals surface area contributed by atoms with Gasteiger partial charge >= 0.3 is 0 Å². The predicted molar refractivity (Wildman–Crippen MR) is 81.3 cm³/mol. The van der Waals surface area contributed by atoms with E-state index in [0.29, 0.717) is 12.5 Å². The number of hydrogen-bond donors (Lipinski definition) is 2. The van der Waals surface area contributed by atoms with Crippen LogP contribution in [0.25, 0.3) is 0 Å². The molecule has 1 fully saturated rings. The van der Waals surface area contributed by atoms with Crippen LogP contribution in [0.1, 0.15) is 12.1 Å². The van der Waals surface area contributed by atoms with E-state index in [0.717, 1.165) is 37.4 Å². The maximum atomic E-state index is 9.59. The van der Waals surface area contributed by atoms with Gasteiger partial charge in [0.15, 0.2) is 0 Å². The number of aromatic nitrogens is 3. The molecule has 3 heterocycles. The Morgan fingerprint density at radius 3 is 2.95 bits per heavy atom. The molecule has 0 radical (unpaired) electrons. The molecule has 0 amide bonds. The molecule has 1 saturated heterocycles. The molecule has 2 aromatic heterocycles. The largest absolute Gasteiger partial charge is 0.391 e. The van der Waals surface area contributed by atoms with Gasteiger partial charge in [0.1, 0.15) is 5.82 Å². The number of nitrogens with zero attached hydrogens (tertiary/aromatic N) is 4. The quantitative estimate of drug-likeness (QED) is 0.857. The van der Waals surface area contributed by atoms with E-state index < -0.39 is 0 Å². The molecule has 0 aromatic carbocycles. The third-order valence-corrected chi connectivity index (χ3v) is 3.52. The highest BCUT2D eigenvalue weighted by atomic mass is 16.3. The number of aliphatic hydroxyl groups excluding tert-OH is 1. The predicted octanol–water partition coefficient (Wildman–Crippen LogP) is 1.10. The van der Waals surface area contributed by atoms with Gasteiger partial charge in [0, 0.05) is 44.1 Å². The lowest BCUT2D eigenvalue weighted by Crippen LogP contribution is -2.22. The van der Waals surface area contributed by atoms with Crippen molar-refractivity contribution in [3.63, 3.8) is 0 Å². The maximum absolute atomic E-state index is 9.59. The van der Waals surface area contributed by atoms with Crippen molar-refractivity contribution in [1.82, 2.24) is 15.0 Å². The molecule has 2 N–H and O–H groups in total. The molecule has 21 heavy (non-hydrogen) atoms. The van der Waals surface area contributed by atoms with Gasteiger partial charge in [-0.25, -0.2) is 4.98 Å². The lowest BCUT2D eigenvalue weighted by atomic mass is 10.3. The lowest BCUT2D eigenvalue weighted by Gasteiger charge is -2.16. The van der Waals surface area contributed by atoms with Crippen LogP contribution in [-0.4, -0.2) is 45.8 Å². The van der Waals surface area contributed by atoms with Crippen LogP contribution in [0.3, 0.4) is 0 Å². The second kappa shape index (κ2) is 6.49. The summed E-state index contributed by atoms with van der Waals surface area (Å²) in [4.78, 5) is 15.1. The molecule has 6 heteroatoms. The zero-order chi connectivity index (χ0) is 14.5. The van der Waals surface area contributed by atoms with Crippen LogP contribution in [0.15, 0.2) is 36.7 Å². The van der Waals surface area contributed by atoms with Gasteiger partial charge in [-0.2, -0.15) is 4.98 Å². The average Bonchev–Trinajstić information content (AvgIpc) is 2.95. The van der Waals surface area contributed by atoms with Crippen molar-refractivity contribution >= 4 is 11.8 Å². The number of rotatable bonds is 5. The summed E-state index contributed by atoms with van der Waals surface area (Å²) >= 11 is 0. The summed E-state index contributed by atoms with van der Waals surface area (Å²) in [6, 6.07) is 7.78. The summed E-state index contributed by atoms with van der Waals surface area (Å²) in [5, 5.41) is 12.8. The number of anilines is 2. The first-order chi connectivity index (χ1) is 10.3. The van der Waals surface area contributed by atoms with Crippen LogP contribution in [0.4, 0.5) is 11.8 Å². The normalized spacial score (nSPS) is 18.0. The van der Waals surface area contributed by atoms with Crippen molar-refractivity contribution in [3.8, 4) is 0 Å². The molecule has 0 bridgehead atoms. The van der Waals surface area contributed by atoms with Crippen molar-refractivity contribution in [2.75, 3.05) is 29.9 Å². The van der Waals surface area contributed by atoms with Crippen molar-refractivity contribution < 1.29 is 5.11 Å². The SMILES string of the molecule is O[C@H]1CCN(c2ccnc(NCCc3ccccn3)n2)C1. The summed E-state index contributed by atoms with van der Waals surface area (Å²) < 4.78 is 0. The number of pyridine rings is 1. The van der Waals surface area contributed by atoms with Gasteiger partial charge < -0.3 is 15.3 Å². The smallest absolute Gasteiger partial charge is 0.224 e. The molecule has 1 aliphatic heterocycles. The molecule has 0 aliphatic carbocycles. The van der Waals surface area contributed by atoms with Crippen molar-refractivity contribution in [1.29, 1.82) is 0 Å². The third-order valence-electron chi connectivity index (χ3n) is 3.52. The fourth-order valence-corrected chi connectivity index (χ4v) is 2.41. The molecular formula is C15H19N5O. The van der Waals surface area contributed by atoms with Gasteiger partial charge in [0.05, 0.1) is 6.10 Å². The first-order valence-electron chi connectivity index (χ1n) is 7.21. The standard InChI is InChI=1S/C15H19N5O/c21-13-6-10-20(11-13)14-5-9-18-15(19-14)17-8-4-12-3-1-2-7-16-12/h1-3,5,7,9,13,21H,4,6,8,10-11H2,(H,17,18,19)/t13-/m0/s1. The molecule has 110 valence electrons. The molecule has 3 rings (SSSR count). The molecule has 0 unspecified atom stereocenters. The Balaban J connectivity index is 1.56. The molecule has 6 nitrogen and oxygen atoms in total. The van der Waals surface area contributed by atoms with E-state index in [1.807, 2.05) is 24.3 Å². The summed E-state index contributed by atoms with van der Waals surface area (Å²) in [5.74, 6) is 1.48. The first-order valence-corrected chi connectivity index (χ1v) is 7.21. The summed E-state index contributed by atoms with van der Waals surface area (Å²) in [6.45, 7) is 2.22. The van der Waals surface area contributed by atoms with E-state index in [2.05, 4.69) is 25.2 Å². The monoisotopic (exact) mass is 285 g/mol. The van der Waals surface area contributed by atoms with Crippen LogP contribution < -0.4 is 10.2 Å². The van der Waals surface area contributed by atoms with Gasteiger partial charge in [-0.15, -0.1) is 0 Å². The highest BCUT2D eigenvalue weighted by Crippen LogP contribution is 2.18. The summed E-state index contributed by atoms with van der Waals surface area (Å²) in [5.41, 5.74) is 1.05. The average molecular weight is 285 g/mol. The van der Waals surface area contributed by atoms with Crippen LogP contribution >= 0.6 is 0 Å². The van der Waals surface area contributed by atoms with Crippen molar-refractivity contribution in [3.05, 3.63) is 42.4 Å². The fraction of sp³-hybridized carbons (Fsp3) is 0.400. The Hall–Kier alpha value is -2.21. The van der Waals surface area contributed by atoms with E-state index in [-0.39, 0.29) is 6.10 Å². The number of β-amino-alcohol motifs (C(OH)–C–C–N with tert-alkyl or cyclic N) is 1. The molecule has 1 atom stereocenters. The van der Waals surface area contributed by atoms with Gasteiger partial charge in [-0.05, 0) is 24.6 Å².